The molecule has 1 saturated heterocycles. The van der Waals surface area contributed by atoms with Gasteiger partial charge in [0, 0.05) is 36.5 Å². The van der Waals surface area contributed by atoms with Crippen molar-refractivity contribution < 1.29 is 5.11 Å². The van der Waals surface area contributed by atoms with Crippen LogP contribution in [0.4, 0.5) is 5.13 Å². The maximum atomic E-state index is 10.2. The van der Waals surface area contributed by atoms with Crippen LogP contribution in [0.1, 0.15) is 51.3 Å². The van der Waals surface area contributed by atoms with E-state index in [4.69, 9.17) is 0 Å². The summed E-state index contributed by atoms with van der Waals surface area (Å²) in [6.45, 7) is 3.17. The molecule has 3 rings (SSSR count). The summed E-state index contributed by atoms with van der Waals surface area (Å²) in [6.07, 6.45) is 7.83. The number of aliphatic hydroxyl groups is 1. The summed E-state index contributed by atoms with van der Waals surface area (Å²) in [4.78, 5) is 7.08. The van der Waals surface area contributed by atoms with Gasteiger partial charge >= 0.3 is 0 Å². The fourth-order valence-corrected chi connectivity index (χ4v) is 4.40. The monoisotopic (exact) mass is 281 g/mol. The molecule has 3 atom stereocenters. The molecule has 0 amide bonds. The molecule has 5 heteroatoms. The highest BCUT2D eigenvalue weighted by Crippen LogP contribution is 2.37. The Labute approximate surface area is 119 Å². The Morgan fingerprint density at radius 3 is 2.84 bits per heavy atom. The molecule has 2 fully saturated rings. The van der Waals surface area contributed by atoms with Crippen LogP contribution in [0.25, 0.3) is 0 Å². The number of hydrogen-bond acceptors (Lipinski definition) is 5. The smallest absolute Gasteiger partial charge is 0.205 e. The van der Waals surface area contributed by atoms with Crippen molar-refractivity contribution in [3.05, 3.63) is 5.82 Å². The highest BCUT2D eigenvalue weighted by molar-refractivity contribution is 7.09. The lowest BCUT2D eigenvalue weighted by Crippen LogP contribution is -2.46. The van der Waals surface area contributed by atoms with E-state index in [1.165, 1.54) is 43.6 Å². The first-order valence-electron chi connectivity index (χ1n) is 7.57. The molecule has 0 spiro atoms. The summed E-state index contributed by atoms with van der Waals surface area (Å²) in [7, 11) is 0. The van der Waals surface area contributed by atoms with Crippen LogP contribution >= 0.6 is 11.5 Å². The Morgan fingerprint density at radius 2 is 2.16 bits per heavy atom. The van der Waals surface area contributed by atoms with Gasteiger partial charge in [-0.15, -0.1) is 0 Å². The van der Waals surface area contributed by atoms with Gasteiger partial charge in [-0.25, -0.2) is 4.98 Å². The fourth-order valence-electron chi connectivity index (χ4n) is 3.56. The molecular formula is C14H23N3OS. The molecule has 0 bridgehead atoms. The average molecular weight is 281 g/mol. The third kappa shape index (κ3) is 2.63. The van der Waals surface area contributed by atoms with E-state index in [2.05, 4.69) is 21.2 Å². The summed E-state index contributed by atoms with van der Waals surface area (Å²) < 4.78 is 4.42. The second-order valence-electron chi connectivity index (χ2n) is 5.77. The number of piperidine rings is 1. The number of aromatic nitrogens is 2. The summed E-state index contributed by atoms with van der Waals surface area (Å²) in [5.41, 5.74) is 0. The van der Waals surface area contributed by atoms with Crippen molar-refractivity contribution >= 4 is 16.7 Å². The first kappa shape index (κ1) is 13.3. The predicted molar refractivity (Wildman–Crippen MR) is 77.6 cm³/mol. The Hall–Kier alpha value is -0.680. The lowest BCUT2D eigenvalue weighted by Gasteiger charge is -2.40. The minimum atomic E-state index is -0.107. The van der Waals surface area contributed by atoms with E-state index in [1.807, 2.05) is 0 Å². The van der Waals surface area contributed by atoms with E-state index in [0.29, 0.717) is 12.0 Å². The number of aryl methyl sites for hydroxylation is 1. The van der Waals surface area contributed by atoms with E-state index in [-0.39, 0.29) is 6.10 Å². The van der Waals surface area contributed by atoms with E-state index >= 15 is 0 Å². The molecule has 106 valence electrons. The Bertz CT molecular complexity index is 423. The van der Waals surface area contributed by atoms with E-state index < -0.39 is 0 Å². The van der Waals surface area contributed by atoms with Crippen LogP contribution in [-0.4, -0.2) is 33.2 Å². The van der Waals surface area contributed by atoms with Crippen molar-refractivity contribution in [2.45, 2.75) is 64.0 Å². The van der Waals surface area contributed by atoms with Gasteiger partial charge in [0.25, 0.3) is 0 Å². The molecule has 19 heavy (non-hydrogen) atoms. The van der Waals surface area contributed by atoms with Crippen molar-refractivity contribution in [2.24, 2.45) is 5.92 Å². The molecule has 2 aliphatic rings. The summed E-state index contributed by atoms with van der Waals surface area (Å²) >= 11 is 1.53. The first-order valence-corrected chi connectivity index (χ1v) is 8.34. The predicted octanol–water partition coefficient (Wildman–Crippen LogP) is 2.62. The van der Waals surface area contributed by atoms with Gasteiger partial charge in [-0.1, -0.05) is 13.3 Å². The summed E-state index contributed by atoms with van der Waals surface area (Å²) in [5, 5.41) is 11.3. The molecular weight excluding hydrogens is 258 g/mol. The number of anilines is 1. The number of hydrogen-bond donors (Lipinski definition) is 1. The molecule has 1 aromatic heterocycles. The van der Waals surface area contributed by atoms with Gasteiger partial charge in [0.2, 0.25) is 5.13 Å². The average Bonchev–Trinajstić information content (AvgIpc) is 3.07. The van der Waals surface area contributed by atoms with Crippen molar-refractivity contribution in [1.82, 2.24) is 9.36 Å². The molecule has 2 heterocycles. The normalized spacial score (nSPS) is 31.9. The van der Waals surface area contributed by atoms with E-state index in [1.54, 1.807) is 0 Å². The van der Waals surface area contributed by atoms with Crippen LogP contribution in [0.3, 0.4) is 0 Å². The van der Waals surface area contributed by atoms with Gasteiger partial charge in [0.05, 0.1) is 6.10 Å². The van der Waals surface area contributed by atoms with Crippen LogP contribution in [0.5, 0.6) is 0 Å². The molecule has 1 saturated carbocycles. The molecule has 1 aliphatic heterocycles. The van der Waals surface area contributed by atoms with Gasteiger partial charge in [0.1, 0.15) is 5.82 Å². The zero-order valence-electron chi connectivity index (χ0n) is 11.6. The maximum absolute atomic E-state index is 10.2. The highest BCUT2D eigenvalue weighted by Gasteiger charge is 2.38. The van der Waals surface area contributed by atoms with Crippen LogP contribution < -0.4 is 4.90 Å². The lowest BCUT2D eigenvalue weighted by molar-refractivity contribution is 0.110. The van der Waals surface area contributed by atoms with Crippen LogP contribution in [0.15, 0.2) is 0 Å². The zero-order valence-corrected chi connectivity index (χ0v) is 12.4. The Kier molecular flexibility index (Phi) is 4.03. The molecule has 0 aromatic carbocycles. The minimum absolute atomic E-state index is 0.107. The first-order chi connectivity index (χ1) is 9.29. The molecule has 1 aromatic rings. The van der Waals surface area contributed by atoms with Gasteiger partial charge in [0.15, 0.2) is 0 Å². The third-order valence-corrected chi connectivity index (χ3v) is 5.39. The van der Waals surface area contributed by atoms with Crippen molar-refractivity contribution in [3.63, 3.8) is 0 Å². The van der Waals surface area contributed by atoms with Crippen molar-refractivity contribution in [2.75, 3.05) is 11.4 Å². The van der Waals surface area contributed by atoms with Gasteiger partial charge in [-0.05, 0) is 32.1 Å². The highest BCUT2D eigenvalue weighted by atomic mass is 32.1. The second-order valence-corrected chi connectivity index (χ2v) is 6.50. The molecule has 0 radical (unpaired) electrons. The van der Waals surface area contributed by atoms with Gasteiger partial charge in [-0.3, -0.25) is 0 Å². The Balaban J connectivity index is 1.80. The zero-order chi connectivity index (χ0) is 13.2. The van der Waals surface area contributed by atoms with Crippen LogP contribution in [0.2, 0.25) is 0 Å². The standard InChI is InChI=1S/C14H23N3OS/c1-2-13-15-14(19-16-13)17-9-4-3-7-11(17)10-6-5-8-12(10)18/h10-12,18H,2-9H2,1H3/t10-,11+,12-/m0/s1. The van der Waals surface area contributed by atoms with Gasteiger partial charge in [-0.2, -0.15) is 4.37 Å². The molecule has 1 aliphatic carbocycles. The van der Waals surface area contributed by atoms with Crippen molar-refractivity contribution in [1.29, 1.82) is 0 Å². The SMILES string of the molecule is CCc1nsc(N2CCCC[C@@H]2[C@@H]2CCC[C@@H]2O)n1. The number of rotatable bonds is 3. The number of aliphatic hydroxyl groups excluding tert-OH is 1. The maximum Gasteiger partial charge on any atom is 0.205 e. The topological polar surface area (TPSA) is 49.2 Å². The Morgan fingerprint density at radius 1 is 1.26 bits per heavy atom. The van der Waals surface area contributed by atoms with Crippen LogP contribution in [-0.2, 0) is 6.42 Å². The molecule has 1 N–H and O–H groups in total. The third-order valence-electron chi connectivity index (χ3n) is 4.59. The number of nitrogens with zero attached hydrogens (tertiary/aromatic N) is 3. The van der Waals surface area contributed by atoms with Gasteiger partial charge < -0.3 is 10.0 Å². The summed E-state index contributed by atoms with van der Waals surface area (Å²) in [6, 6.07) is 0.476. The minimum Gasteiger partial charge on any atom is -0.393 e. The fraction of sp³-hybridized carbons (Fsp3) is 0.857. The van der Waals surface area contributed by atoms with E-state index in [9.17, 15) is 5.11 Å². The summed E-state index contributed by atoms with van der Waals surface area (Å²) in [5.74, 6) is 1.39. The van der Waals surface area contributed by atoms with Crippen molar-refractivity contribution in [3.8, 4) is 0 Å². The van der Waals surface area contributed by atoms with E-state index in [0.717, 1.165) is 30.3 Å². The lowest BCUT2D eigenvalue weighted by atomic mass is 9.88. The molecule has 0 unspecified atom stereocenters. The molecule has 4 nitrogen and oxygen atoms in total. The quantitative estimate of drug-likeness (QED) is 0.925. The largest absolute Gasteiger partial charge is 0.393 e. The van der Waals surface area contributed by atoms with Crippen LogP contribution in [0, 0.1) is 5.92 Å². The second kappa shape index (κ2) is 5.75.